The summed E-state index contributed by atoms with van der Waals surface area (Å²) >= 11 is 0. The topological polar surface area (TPSA) is 84.7 Å². The Morgan fingerprint density at radius 2 is 2.00 bits per heavy atom. The third-order valence-corrected chi connectivity index (χ3v) is 5.27. The van der Waals surface area contributed by atoms with Crippen LogP contribution in [0.1, 0.15) is 25.7 Å². The summed E-state index contributed by atoms with van der Waals surface area (Å²) in [6.45, 7) is 1.28. The molecule has 5 atom stereocenters. The molecule has 0 radical (unpaired) electrons. The van der Waals surface area contributed by atoms with Crippen LogP contribution >= 0.6 is 0 Å². The van der Waals surface area contributed by atoms with E-state index in [0.29, 0.717) is 24.9 Å². The van der Waals surface area contributed by atoms with Crippen LogP contribution in [0, 0.1) is 17.8 Å². The van der Waals surface area contributed by atoms with Crippen LogP contribution in [-0.2, 0) is 9.53 Å². The van der Waals surface area contributed by atoms with E-state index >= 15 is 0 Å². The van der Waals surface area contributed by atoms with E-state index in [0.717, 1.165) is 19.3 Å². The molecule has 2 aliphatic carbocycles. The van der Waals surface area contributed by atoms with Crippen molar-refractivity contribution in [3.8, 4) is 0 Å². The lowest BCUT2D eigenvalue weighted by atomic mass is 9.84. The maximum Gasteiger partial charge on any atom is 0.407 e. The van der Waals surface area contributed by atoms with Crippen LogP contribution in [0.3, 0.4) is 0 Å². The molecule has 2 bridgehead atoms. The highest BCUT2D eigenvalue weighted by molar-refractivity contribution is 5.81. The molecule has 0 aromatic heterocycles. The highest BCUT2D eigenvalue weighted by Crippen LogP contribution is 2.48. The molecule has 6 heteroatoms. The molecule has 5 unspecified atom stereocenters. The van der Waals surface area contributed by atoms with Gasteiger partial charge in [0.2, 0.25) is 5.91 Å². The number of ether oxygens (including phenoxy) is 1. The van der Waals surface area contributed by atoms with Crippen LogP contribution in [-0.4, -0.2) is 49.2 Å². The van der Waals surface area contributed by atoms with Crippen LogP contribution in [0.15, 0.2) is 0 Å². The Hall–Kier alpha value is -1.30. The van der Waals surface area contributed by atoms with Gasteiger partial charge in [0.05, 0.1) is 19.1 Å². The molecule has 112 valence electrons. The second-order valence-corrected chi connectivity index (χ2v) is 6.34. The van der Waals surface area contributed by atoms with Gasteiger partial charge in [-0.3, -0.25) is 4.79 Å². The molecule has 1 aliphatic heterocycles. The second-order valence-electron chi connectivity index (χ2n) is 6.34. The third-order valence-electron chi connectivity index (χ3n) is 5.27. The molecular weight excluding hydrogens is 258 g/mol. The van der Waals surface area contributed by atoms with E-state index in [1.54, 1.807) is 0 Å². The molecule has 3 fully saturated rings. The summed E-state index contributed by atoms with van der Waals surface area (Å²) in [4.78, 5) is 25.7. The van der Waals surface area contributed by atoms with Gasteiger partial charge in [-0.2, -0.15) is 0 Å². The van der Waals surface area contributed by atoms with Crippen molar-refractivity contribution in [1.82, 2.24) is 10.2 Å². The minimum Gasteiger partial charge on any atom is -0.453 e. The molecule has 1 heterocycles. The van der Waals surface area contributed by atoms with E-state index < -0.39 is 6.09 Å². The lowest BCUT2D eigenvalue weighted by Gasteiger charge is -2.30. The number of nitrogens with zero attached hydrogens (tertiary/aromatic N) is 1. The Balaban J connectivity index is 1.58. The number of alkyl carbamates (subject to hydrolysis) is 1. The van der Waals surface area contributed by atoms with Crippen molar-refractivity contribution >= 4 is 12.0 Å². The van der Waals surface area contributed by atoms with Gasteiger partial charge in [-0.15, -0.1) is 0 Å². The van der Waals surface area contributed by atoms with Crippen molar-refractivity contribution in [1.29, 1.82) is 0 Å². The molecule has 1 saturated heterocycles. The number of likely N-dealkylation sites (tertiary alicyclic amines) is 1. The number of amides is 2. The zero-order valence-corrected chi connectivity index (χ0v) is 11.9. The Kier molecular flexibility index (Phi) is 3.58. The first-order valence-corrected chi connectivity index (χ1v) is 7.49. The minimum absolute atomic E-state index is 0.00113. The quantitative estimate of drug-likeness (QED) is 0.763. The van der Waals surface area contributed by atoms with E-state index in [1.165, 1.54) is 13.5 Å². The zero-order chi connectivity index (χ0) is 14.3. The average molecular weight is 281 g/mol. The minimum atomic E-state index is -0.430. The lowest BCUT2D eigenvalue weighted by Crippen LogP contribution is -2.47. The molecule has 3 rings (SSSR count). The Morgan fingerprint density at radius 1 is 1.25 bits per heavy atom. The van der Waals surface area contributed by atoms with Gasteiger partial charge in [-0.1, -0.05) is 0 Å². The standard InChI is InChI=1S/C14H23N3O3/c1-20-14(19)16-10-4-5-17(7-10)13(18)11-8-2-3-9(6-8)12(11)15/h8-12H,2-7,15H2,1H3,(H,16,19). The predicted molar refractivity (Wildman–Crippen MR) is 72.8 cm³/mol. The van der Waals surface area contributed by atoms with Crippen LogP contribution in [0.5, 0.6) is 0 Å². The van der Waals surface area contributed by atoms with Crippen molar-refractivity contribution in [2.45, 2.75) is 37.8 Å². The first kappa shape index (κ1) is 13.7. The molecule has 2 saturated carbocycles. The molecule has 20 heavy (non-hydrogen) atoms. The number of nitrogens with one attached hydrogen (secondary N) is 1. The normalized spacial score (nSPS) is 39.1. The highest BCUT2D eigenvalue weighted by Gasteiger charge is 2.50. The van der Waals surface area contributed by atoms with Crippen LogP contribution in [0.25, 0.3) is 0 Å². The monoisotopic (exact) mass is 281 g/mol. The van der Waals surface area contributed by atoms with Crippen molar-refractivity contribution in [3.63, 3.8) is 0 Å². The number of fused-ring (bicyclic) bond motifs is 2. The smallest absolute Gasteiger partial charge is 0.407 e. The summed E-state index contributed by atoms with van der Waals surface area (Å²) in [6, 6.07) is 0.0371. The van der Waals surface area contributed by atoms with Crippen LogP contribution < -0.4 is 11.1 Å². The number of methoxy groups -OCH3 is 1. The van der Waals surface area contributed by atoms with Gasteiger partial charge in [0.25, 0.3) is 0 Å². The Labute approximate surface area is 119 Å². The first-order chi connectivity index (χ1) is 9.60. The Morgan fingerprint density at radius 3 is 2.65 bits per heavy atom. The molecule has 0 aromatic carbocycles. The fourth-order valence-corrected chi connectivity index (χ4v) is 4.22. The van der Waals surface area contributed by atoms with Crippen LogP contribution in [0.2, 0.25) is 0 Å². The number of hydrogen-bond acceptors (Lipinski definition) is 4. The van der Waals surface area contributed by atoms with E-state index in [9.17, 15) is 9.59 Å². The average Bonchev–Trinajstić information content (AvgIpc) is 3.13. The van der Waals surface area contributed by atoms with Crippen molar-refractivity contribution < 1.29 is 14.3 Å². The summed E-state index contributed by atoms with van der Waals surface area (Å²) < 4.78 is 4.59. The van der Waals surface area contributed by atoms with Gasteiger partial charge in [0.1, 0.15) is 0 Å². The van der Waals surface area contributed by atoms with Gasteiger partial charge in [0, 0.05) is 19.1 Å². The zero-order valence-electron chi connectivity index (χ0n) is 11.9. The Bertz CT molecular complexity index is 412. The second kappa shape index (κ2) is 5.24. The molecule has 0 spiro atoms. The van der Waals surface area contributed by atoms with Gasteiger partial charge in [-0.25, -0.2) is 4.79 Å². The van der Waals surface area contributed by atoms with E-state index in [1.807, 2.05) is 4.90 Å². The first-order valence-electron chi connectivity index (χ1n) is 7.49. The molecule has 3 aliphatic rings. The maximum atomic E-state index is 12.7. The highest BCUT2D eigenvalue weighted by atomic mass is 16.5. The van der Waals surface area contributed by atoms with Crippen molar-refractivity contribution in [2.24, 2.45) is 23.5 Å². The van der Waals surface area contributed by atoms with E-state index in [4.69, 9.17) is 5.73 Å². The lowest BCUT2D eigenvalue weighted by molar-refractivity contribution is -0.136. The van der Waals surface area contributed by atoms with Gasteiger partial charge < -0.3 is 20.7 Å². The number of nitrogens with two attached hydrogens (primary N) is 1. The fourth-order valence-electron chi connectivity index (χ4n) is 4.22. The number of carbonyl (C=O) groups is 2. The number of rotatable bonds is 2. The number of hydrogen-bond donors (Lipinski definition) is 2. The summed E-state index contributed by atoms with van der Waals surface area (Å²) in [5, 5.41) is 2.76. The summed E-state index contributed by atoms with van der Waals surface area (Å²) in [5.74, 6) is 1.22. The van der Waals surface area contributed by atoms with Crippen LogP contribution in [0.4, 0.5) is 4.79 Å². The third kappa shape index (κ3) is 2.26. The largest absolute Gasteiger partial charge is 0.453 e. The molecule has 6 nitrogen and oxygen atoms in total. The van der Waals surface area contributed by atoms with Gasteiger partial charge in [-0.05, 0) is 37.5 Å². The van der Waals surface area contributed by atoms with Crippen molar-refractivity contribution in [2.75, 3.05) is 20.2 Å². The summed E-state index contributed by atoms with van der Waals surface area (Å²) in [6.07, 6.45) is 3.81. The van der Waals surface area contributed by atoms with Gasteiger partial charge >= 0.3 is 6.09 Å². The van der Waals surface area contributed by atoms with E-state index in [-0.39, 0.29) is 23.9 Å². The molecule has 0 aromatic rings. The van der Waals surface area contributed by atoms with Crippen molar-refractivity contribution in [3.05, 3.63) is 0 Å². The van der Waals surface area contributed by atoms with E-state index in [2.05, 4.69) is 10.1 Å². The fraction of sp³-hybridized carbons (Fsp3) is 0.857. The predicted octanol–water partition coefficient (Wildman–Crippen LogP) is 0.317. The molecule has 3 N–H and O–H groups in total. The summed E-state index contributed by atoms with van der Waals surface area (Å²) in [5.41, 5.74) is 6.23. The SMILES string of the molecule is COC(=O)NC1CCN(C(=O)C2C3CCC(C3)C2N)C1. The number of carbonyl (C=O) groups excluding carboxylic acids is 2. The summed E-state index contributed by atoms with van der Waals surface area (Å²) in [7, 11) is 1.35. The molecule has 2 amide bonds. The maximum absolute atomic E-state index is 12.7. The van der Waals surface area contributed by atoms with Gasteiger partial charge in [0.15, 0.2) is 0 Å². The molecular formula is C14H23N3O3.